The van der Waals surface area contributed by atoms with E-state index in [1.165, 1.54) is 0 Å². The van der Waals surface area contributed by atoms with E-state index in [0.29, 0.717) is 32.1 Å². The van der Waals surface area contributed by atoms with Gasteiger partial charge in [-0.1, -0.05) is 100 Å². The number of carboxylic acids is 1. The summed E-state index contributed by atoms with van der Waals surface area (Å²) in [5.74, 6) is -0.903. The predicted octanol–water partition coefficient (Wildman–Crippen LogP) is 7.02. The number of hydrogen-bond acceptors (Lipinski definition) is 10. The van der Waals surface area contributed by atoms with Gasteiger partial charge in [0.25, 0.3) is 0 Å². The minimum Gasteiger partial charge on any atom is -0.481 e. The van der Waals surface area contributed by atoms with Crippen molar-refractivity contribution in [2.45, 2.75) is 178 Å². The lowest BCUT2D eigenvalue weighted by Gasteiger charge is -2.40. The van der Waals surface area contributed by atoms with Crippen LogP contribution in [0.5, 0.6) is 0 Å². The van der Waals surface area contributed by atoms with Crippen LogP contribution in [0, 0.1) is 17.8 Å². The summed E-state index contributed by atoms with van der Waals surface area (Å²) in [7, 11) is 0. The molecule has 0 amide bonds. The van der Waals surface area contributed by atoms with Gasteiger partial charge in [-0.2, -0.15) is 0 Å². The Morgan fingerprint density at radius 2 is 1.52 bits per heavy atom. The number of carboxylic acid groups (broad SMARTS) is 1. The minimum absolute atomic E-state index is 0.0311. The highest BCUT2D eigenvalue weighted by atomic mass is 16.6. The molecule has 0 saturated carbocycles. The molecule has 6 aliphatic heterocycles. The zero-order valence-electron chi connectivity index (χ0n) is 34.8. The number of unbranched alkanes of at least 4 members (excludes halogenated alkanes) is 1. The maximum atomic E-state index is 13.0. The molecule has 0 aromatic carbocycles. The fourth-order valence-electron chi connectivity index (χ4n) is 8.60. The van der Waals surface area contributed by atoms with Gasteiger partial charge in [0, 0.05) is 31.1 Å². The average molecular weight is 809 g/mol. The van der Waals surface area contributed by atoms with Gasteiger partial charge in [-0.15, -0.1) is 0 Å². The lowest BCUT2D eigenvalue weighted by molar-refractivity contribution is -0.175. The molecule has 0 aromatic rings. The molecule has 6 rings (SSSR count). The molecule has 58 heavy (non-hydrogen) atoms. The van der Waals surface area contributed by atoms with Gasteiger partial charge >= 0.3 is 11.9 Å². The fourth-order valence-corrected chi connectivity index (χ4v) is 8.60. The minimum atomic E-state index is -1.18. The van der Waals surface area contributed by atoms with Crippen LogP contribution in [0.15, 0.2) is 84.6 Å². The van der Waals surface area contributed by atoms with Crippen molar-refractivity contribution in [3.05, 3.63) is 84.6 Å². The van der Waals surface area contributed by atoms with Gasteiger partial charge in [0.1, 0.15) is 24.4 Å². The third-order valence-corrected chi connectivity index (χ3v) is 12.2. The molecule has 6 aliphatic rings. The monoisotopic (exact) mass is 808 g/mol. The van der Waals surface area contributed by atoms with Crippen molar-refractivity contribution < 1.29 is 53.7 Å². The second-order valence-electron chi connectivity index (χ2n) is 16.9. The van der Waals surface area contributed by atoms with Gasteiger partial charge in [0.15, 0.2) is 0 Å². The third kappa shape index (κ3) is 13.7. The maximum Gasteiger partial charge on any atom is 0.310 e. The van der Waals surface area contributed by atoms with Gasteiger partial charge in [0.2, 0.25) is 0 Å². The van der Waals surface area contributed by atoms with Crippen LogP contribution in [-0.2, 0) is 33.3 Å². The smallest absolute Gasteiger partial charge is 0.310 e. The molecule has 0 radical (unpaired) electrons. The molecule has 11 heteroatoms. The van der Waals surface area contributed by atoms with E-state index in [1.807, 2.05) is 56.4 Å². The van der Waals surface area contributed by atoms with E-state index in [1.54, 1.807) is 12.2 Å². The van der Waals surface area contributed by atoms with E-state index < -0.39 is 42.6 Å². The number of rotatable bonds is 7. The van der Waals surface area contributed by atoms with Crippen LogP contribution >= 0.6 is 0 Å². The summed E-state index contributed by atoms with van der Waals surface area (Å²) >= 11 is 0. The standard InChI is InChI=1S/C47H68O11/c1-30(17-14-15-23-44(50)51)27-31(2)47-40-26-25-34(54-47)18-10-6-5-7-11-19-35(48)46(53)43-28-36(49)32(3)37(56-43)21-16-22-38-33(4)41-29-42(55-38)39(57-41)20-12-8-9-13-24-45(52)58-40/h6,8-13,16,19,22,25-27,30,32-43,46-49,53H,5,7,14-15,17-18,20-21,23-24,28-29H2,1-4H3,(H,50,51)/b10-6+,12-8?,13-9?,19-11+,22-16+,31-27+/t30-,32+,33+,34-,35+,36-,37-,38-,39+,40-,41-,42+,43+,46-,47+/m0/s1. The Labute approximate surface area is 345 Å². The van der Waals surface area contributed by atoms with Gasteiger partial charge in [-0.05, 0) is 69.4 Å². The van der Waals surface area contributed by atoms with Gasteiger partial charge in [-0.3, -0.25) is 9.59 Å². The number of aliphatic hydroxyl groups excluding tert-OH is 3. The maximum absolute atomic E-state index is 13.0. The Kier molecular flexibility index (Phi) is 18.2. The highest BCUT2D eigenvalue weighted by molar-refractivity contribution is 5.71. The van der Waals surface area contributed by atoms with Crippen LogP contribution < -0.4 is 0 Å². The summed E-state index contributed by atoms with van der Waals surface area (Å²) in [6.07, 6.45) is 26.8. The van der Waals surface area contributed by atoms with Crippen molar-refractivity contribution in [2.24, 2.45) is 17.8 Å². The molecule has 0 spiro atoms. The SMILES string of the molecule is C/C(=C\[C@@H](C)CCCCC(=O)O)[C@H]1O[C@@H]2C=C[C@@H]1OC(=O)CC=CC=CC[C@H]1O[C@H]3C[C@H]1O[C@@H](/C=C/C[C@@H]1O[C@H](C[C@H](O)[C@H]1C)[C@@H](O)[C@H](O)/C=C/CC/C=C/C2)[C@H]3C. The Balaban J connectivity index is 1.27. The molecule has 6 heterocycles. The van der Waals surface area contributed by atoms with Crippen molar-refractivity contribution in [3.8, 4) is 0 Å². The summed E-state index contributed by atoms with van der Waals surface area (Å²) < 4.78 is 31.7. The second kappa shape index (κ2) is 23.0. The first-order valence-electron chi connectivity index (χ1n) is 21.6. The number of aliphatic hydroxyl groups is 3. The van der Waals surface area contributed by atoms with Crippen molar-refractivity contribution in [1.29, 1.82) is 0 Å². The van der Waals surface area contributed by atoms with Crippen LogP contribution in [0.3, 0.4) is 0 Å². The predicted molar refractivity (Wildman–Crippen MR) is 222 cm³/mol. The number of carbonyl (C=O) groups excluding carboxylic acids is 1. The molecule has 15 atom stereocenters. The van der Waals surface area contributed by atoms with E-state index in [-0.39, 0.29) is 79.6 Å². The van der Waals surface area contributed by atoms with Crippen molar-refractivity contribution in [1.82, 2.24) is 0 Å². The molecule has 3 fully saturated rings. The molecule has 322 valence electrons. The Hall–Kier alpha value is -3.16. The van der Waals surface area contributed by atoms with E-state index >= 15 is 0 Å². The Morgan fingerprint density at radius 3 is 2.33 bits per heavy atom. The first-order chi connectivity index (χ1) is 27.9. The van der Waals surface area contributed by atoms with E-state index in [2.05, 4.69) is 38.2 Å². The molecule has 7 bridgehead atoms. The molecular formula is C47H68O11. The summed E-state index contributed by atoms with van der Waals surface area (Å²) in [6.45, 7) is 8.20. The van der Waals surface area contributed by atoms with Crippen molar-refractivity contribution in [3.63, 3.8) is 0 Å². The molecule has 11 nitrogen and oxygen atoms in total. The molecule has 3 saturated heterocycles. The zero-order chi connectivity index (χ0) is 41.6. The second-order valence-corrected chi connectivity index (χ2v) is 16.9. The summed E-state index contributed by atoms with van der Waals surface area (Å²) in [6, 6.07) is 0. The highest BCUT2D eigenvalue weighted by Gasteiger charge is 2.46. The molecular weight excluding hydrogens is 741 g/mol. The lowest BCUT2D eigenvalue weighted by atomic mass is 9.85. The Bertz CT molecular complexity index is 1530. The van der Waals surface area contributed by atoms with Gasteiger partial charge < -0.3 is 44.1 Å². The quantitative estimate of drug-likeness (QED) is 0.119. The summed E-state index contributed by atoms with van der Waals surface area (Å²) in [5.41, 5.74) is 0.963. The van der Waals surface area contributed by atoms with Crippen LogP contribution in [0.4, 0.5) is 0 Å². The van der Waals surface area contributed by atoms with E-state index in [9.17, 15) is 24.9 Å². The fraction of sp³-hybridized carbons (Fsp3) is 0.660. The van der Waals surface area contributed by atoms with E-state index in [4.69, 9.17) is 28.8 Å². The number of carbonyl (C=O) groups is 2. The number of fused-ring (bicyclic) bond motifs is 14. The zero-order valence-corrected chi connectivity index (χ0v) is 34.8. The van der Waals surface area contributed by atoms with Crippen LogP contribution in [0.1, 0.15) is 105 Å². The van der Waals surface area contributed by atoms with Crippen LogP contribution in [-0.4, -0.2) is 106 Å². The Morgan fingerprint density at radius 1 is 0.759 bits per heavy atom. The van der Waals surface area contributed by atoms with Crippen LogP contribution in [0.2, 0.25) is 0 Å². The van der Waals surface area contributed by atoms with Crippen LogP contribution in [0.25, 0.3) is 0 Å². The largest absolute Gasteiger partial charge is 0.481 e. The van der Waals surface area contributed by atoms with Crippen molar-refractivity contribution in [2.75, 3.05) is 0 Å². The van der Waals surface area contributed by atoms with Gasteiger partial charge in [-0.25, -0.2) is 0 Å². The van der Waals surface area contributed by atoms with Gasteiger partial charge in [0.05, 0.1) is 55.3 Å². The van der Waals surface area contributed by atoms with E-state index in [0.717, 1.165) is 31.3 Å². The topological polar surface area (TPSA) is 161 Å². The number of allylic oxidation sites excluding steroid dienone is 5. The molecule has 0 aromatic heterocycles. The summed E-state index contributed by atoms with van der Waals surface area (Å²) in [5, 5.41) is 41.7. The summed E-state index contributed by atoms with van der Waals surface area (Å²) in [4.78, 5) is 24.0. The number of aliphatic carboxylic acids is 1. The average Bonchev–Trinajstić information content (AvgIpc) is 3.54. The first-order valence-corrected chi connectivity index (χ1v) is 21.6. The molecule has 4 N–H and O–H groups in total. The molecule has 0 unspecified atom stereocenters. The van der Waals surface area contributed by atoms with Crippen molar-refractivity contribution >= 4 is 11.9 Å². The third-order valence-electron chi connectivity index (χ3n) is 12.2. The normalized spacial score (nSPS) is 40.3. The number of hydrogen-bond donors (Lipinski definition) is 4. The number of ether oxygens (including phenoxy) is 5. The lowest BCUT2D eigenvalue weighted by Crippen LogP contribution is -2.50. The highest BCUT2D eigenvalue weighted by Crippen LogP contribution is 2.39. The first kappa shape index (κ1) is 45.9. The number of esters is 1. The molecule has 0 aliphatic carbocycles.